The number of hydrogen-bond donors (Lipinski definition) is 1. The lowest BCUT2D eigenvalue weighted by molar-refractivity contribution is 0.0253. The molecule has 1 N–H and O–H groups in total. The highest BCUT2D eigenvalue weighted by Gasteiger charge is 2.33. The zero-order valence-electron chi connectivity index (χ0n) is 8.58. The average Bonchev–Trinajstić information content (AvgIpc) is 2.30. The molecule has 82 valence electrons. The first-order valence-electron chi connectivity index (χ1n) is 5.21. The van der Waals surface area contributed by atoms with E-state index in [-0.39, 0.29) is 12.0 Å². The van der Waals surface area contributed by atoms with E-state index >= 15 is 0 Å². The van der Waals surface area contributed by atoms with Crippen LogP contribution < -0.4 is 0 Å². The molecule has 1 aromatic carbocycles. The Morgan fingerprint density at radius 2 is 2.07 bits per heavy atom. The second kappa shape index (κ2) is 4.64. The number of hydrogen-bond acceptors (Lipinski definition) is 2. The van der Waals surface area contributed by atoms with Gasteiger partial charge < -0.3 is 9.84 Å². The van der Waals surface area contributed by atoms with Gasteiger partial charge in [-0.25, -0.2) is 0 Å². The molecule has 1 aliphatic rings. The van der Waals surface area contributed by atoms with Crippen molar-refractivity contribution in [1.82, 2.24) is 0 Å². The number of ether oxygens (including phenoxy) is 1. The third-order valence-electron chi connectivity index (χ3n) is 3.19. The number of aliphatic hydroxyl groups excluding tert-OH is 1. The lowest BCUT2D eigenvalue weighted by Crippen LogP contribution is -2.37. The fourth-order valence-corrected chi connectivity index (χ4v) is 2.52. The fraction of sp³-hybridized carbons (Fsp3) is 0.500. The Hall–Kier alpha value is -0.380. The summed E-state index contributed by atoms with van der Waals surface area (Å²) >= 11 is 3.47. The molecule has 0 aliphatic carbocycles. The van der Waals surface area contributed by atoms with Gasteiger partial charge in [0.25, 0.3) is 0 Å². The summed E-state index contributed by atoms with van der Waals surface area (Å²) in [5, 5.41) is 9.61. The highest BCUT2D eigenvalue weighted by Crippen LogP contribution is 2.35. The molecule has 0 atom stereocenters. The van der Waals surface area contributed by atoms with E-state index < -0.39 is 0 Å². The van der Waals surface area contributed by atoms with Gasteiger partial charge in [0, 0.05) is 23.1 Å². The summed E-state index contributed by atoms with van der Waals surface area (Å²) in [5.74, 6) is 0. The normalized spacial score (nSPS) is 20.1. The smallest absolute Gasteiger partial charge is 0.0529 e. The Morgan fingerprint density at radius 1 is 1.33 bits per heavy atom. The van der Waals surface area contributed by atoms with Gasteiger partial charge in [-0.15, -0.1) is 0 Å². The van der Waals surface area contributed by atoms with Crippen LogP contribution in [0.15, 0.2) is 28.7 Å². The molecule has 0 spiro atoms. The highest BCUT2D eigenvalue weighted by molar-refractivity contribution is 9.10. The molecule has 0 saturated carbocycles. The lowest BCUT2D eigenvalue weighted by atomic mass is 9.75. The summed E-state index contributed by atoms with van der Waals surface area (Å²) in [4.78, 5) is 0. The molecule has 3 heteroatoms. The fourth-order valence-electron chi connectivity index (χ4n) is 2.12. The summed E-state index contributed by atoms with van der Waals surface area (Å²) in [6, 6.07) is 8.22. The quantitative estimate of drug-likeness (QED) is 0.895. The largest absolute Gasteiger partial charge is 0.395 e. The van der Waals surface area contributed by atoms with Gasteiger partial charge in [0.05, 0.1) is 6.61 Å². The first kappa shape index (κ1) is 11.1. The Morgan fingerprint density at radius 3 is 2.67 bits per heavy atom. The molecule has 1 saturated heterocycles. The van der Waals surface area contributed by atoms with Crippen molar-refractivity contribution in [2.75, 3.05) is 19.8 Å². The van der Waals surface area contributed by atoms with E-state index in [0.29, 0.717) is 0 Å². The maximum atomic E-state index is 9.61. The second-order valence-electron chi connectivity index (χ2n) is 4.06. The molecule has 0 aromatic heterocycles. The van der Waals surface area contributed by atoms with Gasteiger partial charge in [0.2, 0.25) is 0 Å². The number of halogens is 1. The van der Waals surface area contributed by atoms with E-state index in [4.69, 9.17) is 4.74 Å². The number of benzene rings is 1. The minimum absolute atomic E-state index is 0.0952. The van der Waals surface area contributed by atoms with Crippen LogP contribution in [0, 0.1) is 0 Å². The van der Waals surface area contributed by atoms with Crippen molar-refractivity contribution in [3.05, 3.63) is 34.3 Å². The Kier molecular flexibility index (Phi) is 3.44. The zero-order chi connectivity index (χ0) is 10.7. The van der Waals surface area contributed by atoms with Crippen molar-refractivity contribution in [2.24, 2.45) is 0 Å². The van der Waals surface area contributed by atoms with Crippen LogP contribution in [0.2, 0.25) is 0 Å². The average molecular weight is 271 g/mol. The third kappa shape index (κ3) is 2.25. The molecule has 1 aromatic rings. The SMILES string of the molecule is OCC1(c2cccc(Br)c2)CCOCC1. The van der Waals surface area contributed by atoms with Crippen LogP contribution in [0.4, 0.5) is 0 Å². The van der Waals surface area contributed by atoms with E-state index in [1.165, 1.54) is 5.56 Å². The second-order valence-corrected chi connectivity index (χ2v) is 4.98. The summed E-state index contributed by atoms with van der Waals surface area (Å²) < 4.78 is 6.42. The van der Waals surface area contributed by atoms with Gasteiger partial charge in [0.15, 0.2) is 0 Å². The Balaban J connectivity index is 2.32. The van der Waals surface area contributed by atoms with Crippen molar-refractivity contribution in [1.29, 1.82) is 0 Å². The molecular formula is C12H15BrO2. The van der Waals surface area contributed by atoms with Crippen LogP contribution in [0.25, 0.3) is 0 Å². The molecule has 0 radical (unpaired) electrons. The molecular weight excluding hydrogens is 256 g/mol. The van der Waals surface area contributed by atoms with Crippen LogP contribution in [0.1, 0.15) is 18.4 Å². The molecule has 0 unspecified atom stereocenters. The van der Waals surface area contributed by atoms with Crippen molar-refractivity contribution in [2.45, 2.75) is 18.3 Å². The molecule has 2 rings (SSSR count). The zero-order valence-corrected chi connectivity index (χ0v) is 10.2. The summed E-state index contributed by atoms with van der Waals surface area (Å²) in [7, 11) is 0. The predicted molar refractivity (Wildman–Crippen MR) is 63.0 cm³/mol. The molecule has 2 nitrogen and oxygen atoms in total. The highest BCUT2D eigenvalue weighted by atomic mass is 79.9. The monoisotopic (exact) mass is 270 g/mol. The Bertz CT molecular complexity index is 332. The maximum absolute atomic E-state index is 9.61. The lowest BCUT2D eigenvalue weighted by Gasteiger charge is -2.36. The van der Waals surface area contributed by atoms with E-state index in [9.17, 15) is 5.11 Å². The summed E-state index contributed by atoms with van der Waals surface area (Å²) in [5.41, 5.74) is 1.12. The van der Waals surface area contributed by atoms with Gasteiger partial charge >= 0.3 is 0 Å². The molecule has 1 heterocycles. The number of aliphatic hydroxyl groups is 1. The van der Waals surface area contributed by atoms with Crippen LogP contribution in [-0.2, 0) is 10.2 Å². The molecule has 1 aliphatic heterocycles. The van der Waals surface area contributed by atoms with Crippen molar-refractivity contribution in [3.8, 4) is 0 Å². The first-order valence-corrected chi connectivity index (χ1v) is 6.01. The van der Waals surface area contributed by atoms with Crippen molar-refractivity contribution < 1.29 is 9.84 Å². The predicted octanol–water partition coefficient (Wildman–Crippen LogP) is 2.49. The van der Waals surface area contributed by atoms with E-state index in [0.717, 1.165) is 30.5 Å². The standard InChI is InChI=1S/C12H15BrO2/c13-11-3-1-2-10(8-11)12(9-14)4-6-15-7-5-12/h1-3,8,14H,4-7,9H2. The van der Waals surface area contributed by atoms with E-state index in [1.807, 2.05) is 12.1 Å². The molecule has 1 fully saturated rings. The van der Waals surface area contributed by atoms with Crippen LogP contribution in [0.5, 0.6) is 0 Å². The Labute approximate surface area is 98.4 Å². The maximum Gasteiger partial charge on any atom is 0.0529 e. The van der Waals surface area contributed by atoms with Crippen LogP contribution >= 0.6 is 15.9 Å². The molecule has 0 bridgehead atoms. The number of rotatable bonds is 2. The topological polar surface area (TPSA) is 29.5 Å². The van der Waals surface area contributed by atoms with Gasteiger partial charge in [0.1, 0.15) is 0 Å². The third-order valence-corrected chi connectivity index (χ3v) is 3.68. The summed E-state index contributed by atoms with van der Waals surface area (Å²) in [6.07, 6.45) is 1.81. The van der Waals surface area contributed by atoms with Crippen molar-refractivity contribution in [3.63, 3.8) is 0 Å². The molecule has 15 heavy (non-hydrogen) atoms. The minimum Gasteiger partial charge on any atom is -0.395 e. The van der Waals surface area contributed by atoms with E-state index in [2.05, 4.69) is 28.1 Å². The van der Waals surface area contributed by atoms with Crippen molar-refractivity contribution >= 4 is 15.9 Å². The van der Waals surface area contributed by atoms with E-state index in [1.54, 1.807) is 0 Å². The van der Waals surface area contributed by atoms with Gasteiger partial charge in [-0.1, -0.05) is 28.1 Å². The van der Waals surface area contributed by atoms with Gasteiger partial charge in [-0.05, 0) is 30.5 Å². The molecule has 0 amide bonds. The first-order chi connectivity index (χ1) is 7.27. The van der Waals surface area contributed by atoms with Crippen LogP contribution in [0.3, 0.4) is 0 Å². The van der Waals surface area contributed by atoms with Gasteiger partial charge in [-0.3, -0.25) is 0 Å². The van der Waals surface area contributed by atoms with Gasteiger partial charge in [-0.2, -0.15) is 0 Å². The van der Waals surface area contributed by atoms with Crippen LogP contribution in [-0.4, -0.2) is 24.9 Å². The minimum atomic E-state index is -0.0952. The summed E-state index contributed by atoms with van der Waals surface area (Å²) in [6.45, 7) is 1.69.